The zero-order chi connectivity index (χ0) is 25.0. The number of hydrogen-bond donors (Lipinski definition) is 1. The van der Waals surface area contributed by atoms with Gasteiger partial charge in [0.25, 0.3) is 0 Å². The Hall–Kier alpha value is -3.28. The lowest BCUT2D eigenvalue weighted by Gasteiger charge is -2.14. The van der Waals surface area contributed by atoms with Crippen molar-refractivity contribution < 1.29 is 14.3 Å². The number of fused-ring (bicyclic) bond motifs is 1. The number of ether oxygens (including phenoxy) is 2. The summed E-state index contributed by atoms with van der Waals surface area (Å²) < 4.78 is 13.8. The maximum Gasteiger partial charge on any atom is 0.223 e. The number of nitrogens with zero attached hydrogens (tertiary/aromatic N) is 2. The van der Waals surface area contributed by atoms with Crippen molar-refractivity contribution in [2.24, 2.45) is 5.92 Å². The van der Waals surface area contributed by atoms with Gasteiger partial charge in [-0.15, -0.1) is 6.58 Å². The predicted octanol–water partition coefficient (Wildman–Crippen LogP) is 5.73. The Labute approximate surface area is 209 Å². The number of para-hydroxylation sites is 2. The summed E-state index contributed by atoms with van der Waals surface area (Å²) in [4.78, 5) is 17.2. The van der Waals surface area contributed by atoms with Crippen molar-refractivity contribution in [2.75, 3.05) is 20.3 Å². The maximum absolute atomic E-state index is 12.3. The molecule has 3 aromatic rings. The number of imidazole rings is 1. The van der Waals surface area contributed by atoms with Crippen LogP contribution in [0.15, 0.2) is 55.1 Å². The monoisotopic (exact) mass is 477 g/mol. The van der Waals surface area contributed by atoms with Gasteiger partial charge in [0.2, 0.25) is 5.91 Å². The van der Waals surface area contributed by atoms with E-state index in [1.54, 1.807) is 7.11 Å². The van der Waals surface area contributed by atoms with Crippen molar-refractivity contribution in [1.82, 2.24) is 14.9 Å². The Kier molecular flexibility index (Phi) is 10.2. The number of amides is 1. The first-order valence-corrected chi connectivity index (χ1v) is 12.7. The van der Waals surface area contributed by atoms with Crippen LogP contribution in [0.4, 0.5) is 0 Å². The molecule has 0 aliphatic rings. The number of nitrogens with one attached hydrogen (secondary N) is 1. The van der Waals surface area contributed by atoms with E-state index in [4.69, 9.17) is 14.5 Å². The standard InChI is InChI=1S/C29H39N3O3/c1-5-12-22-15-16-26(27(21-22)34-4)35-20-11-10-19-32-25-14-9-8-13-24(25)31-28(32)17-18-30-29(33)23(6-2)7-3/h5,8-9,13-16,21,23H,1,6-7,10-12,17-20H2,2-4H3,(H,30,33). The minimum absolute atomic E-state index is 0.0885. The number of unbranched alkanes of at least 4 members (excludes halogenated alkanes) is 1. The van der Waals surface area contributed by atoms with Crippen LogP contribution in [-0.2, 0) is 24.2 Å². The molecule has 0 aliphatic heterocycles. The van der Waals surface area contributed by atoms with Crippen molar-refractivity contribution in [2.45, 2.75) is 58.9 Å². The quantitative estimate of drug-likeness (QED) is 0.224. The molecule has 0 saturated carbocycles. The highest BCUT2D eigenvalue weighted by Crippen LogP contribution is 2.28. The molecule has 6 nitrogen and oxygen atoms in total. The Morgan fingerprint density at radius 3 is 2.69 bits per heavy atom. The van der Waals surface area contributed by atoms with Gasteiger partial charge in [-0.3, -0.25) is 4.79 Å². The van der Waals surface area contributed by atoms with E-state index in [9.17, 15) is 4.79 Å². The summed E-state index contributed by atoms with van der Waals surface area (Å²) in [6.07, 6.45) is 7.01. The third kappa shape index (κ3) is 7.10. The topological polar surface area (TPSA) is 65.4 Å². The molecule has 188 valence electrons. The van der Waals surface area contributed by atoms with Gasteiger partial charge >= 0.3 is 0 Å². The van der Waals surface area contributed by atoms with Crippen LogP contribution in [0, 0.1) is 5.92 Å². The fourth-order valence-electron chi connectivity index (χ4n) is 4.35. The van der Waals surface area contributed by atoms with E-state index in [1.807, 2.05) is 42.5 Å². The molecule has 0 bridgehead atoms. The summed E-state index contributed by atoms with van der Waals surface area (Å²) in [5.74, 6) is 2.76. The molecule has 35 heavy (non-hydrogen) atoms. The fourth-order valence-corrected chi connectivity index (χ4v) is 4.35. The van der Waals surface area contributed by atoms with Gasteiger partial charge < -0.3 is 19.4 Å². The molecule has 0 unspecified atom stereocenters. The first-order chi connectivity index (χ1) is 17.1. The highest BCUT2D eigenvalue weighted by Gasteiger charge is 2.15. The summed E-state index contributed by atoms with van der Waals surface area (Å²) in [6, 6.07) is 14.2. The van der Waals surface area contributed by atoms with Crippen molar-refractivity contribution in [3.8, 4) is 11.5 Å². The number of hydrogen-bond acceptors (Lipinski definition) is 4. The number of allylic oxidation sites excluding steroid dienone is 1. The van der Waals surface area contributed by atoms with Crippen LogP contribution in [0.1, 0.15) is 50.9 Å². The average molecular weight is 478 g/mol. The van der Waals surface area contributed by atoms with Crippen LogP contribution >= 0.6 is 0 Å². The van der Waals surface area contributed by atoms with Gasteiger partial charge in [0.15, 0.2) is 11.5 Å². The van der Waals surface area contributed by atoms with Gasteiger partial charge in [-0.1, -0.05) is 38.1 Å². The van der Waals surface area contributed by atoms with E-state index in [-0.39, 0.29) is 11.8 Å². The number of rotatable bonds is 15. The van der Waals surface area contributed by atoms with Crippen LogP contribution in [0.2, 0.25) is 0 Å². The molecule has 0 aliphatic carbocycles. The van der Waals surface area contributed by atoms with E-state index in [0.29, 0.717) is 19.6 Å². The van der Waals surface area contributed by atoms with E-state index < -0.39 is 0 Å². The number of aromatic nitrogens is 2. The van der Waals surface area contributed by atoms with Crippen molar-refractivity contribution >= 4 is 16.9 Å². The van der Waals surface area contributed by atoms with Crippen LogP contribution < -0.4 is 14.8 Å². The van der Waals surface area contributed by atoms with Gasteiger partial charge in [-0.05, 0) is 61.9 Å². The molecule has 6 heteroatoms. The largest absolute Gasteiger partial charge is 0.493 e. The summed E-state index contributed by atoms with van der Waals surface area (Å²) in [5.41, 5.74) is 3.28. The summed E-state index contributed by atoms with van der Waals surface area (Å²) in [7, 11) is 1.67. The number of carbonyl (C=O) groups is 1. The zero-order valence-corrected chi connectivity index (χ0v) is 21.4. The molecule has 1 N–H and O–H groups in total. The molecule has 0 spiro atoms. The molecule has 0 fully saturated rings. The van der Waals surface area contributed by atoms with Crippen molar-refractivity contribution in [1.29, 1.82) is 0 Å². The van der Waals surface area contributed by atoms with Gasteiger partial charge in [-0.2, -0.15) is 0 Å². The molecular weight excluding hydrogens is 438 g/mol. The van der Waals surface area contributed by atoms with Gasteiger partial charge in [-0.25, -0.2) is 4.98 Å². The number of methoxy groups -OCH3 is 1. The number of aryl methyl sites for hydroxylation is 1. The smallest absolute Gasteiger partial charge is 0.223 e. The van der Waals surface area contributed by atoms with E-state index >= 15 is 0 Å². The highest BCUT2D eigenvalue weighted by atomic mass is 16.5. The third-order valence-corrected chi connectivity index (χ3v) is 6.38. The second-order valence-corrected chi connectivity index (χ2v) is 8.76. The molecule has 3 rings (SSSR count). The molecule has 0 radical (unpaired) electrons. The Morgan fingerprint density at radius 1 is 1.14 bits per heavy atom. The van der Waals surface area contributed by atoms with Crippen LogP contribution in [-0.4, -0.2) is 35.7 Å². The first-order valence-electron chi connectivity index (χ1n) is 12.7. The second kappa shape index (κ2) is 13.6. The Bertz CT molecular complexity index is 1100. The Morgan fingerprint density at radius 2 is 1.94 bits per heavy atom. The zero-order valence-electron chi connectivity index (χ0n) is 21.4. The van der Waals surface area contributed by atoms with Crippen LogP contribution in [0.25, 0.3) is 11.0 Å². The molecule has 0 saturated heterocycles. The molecule has 1 amide bonds. The molecule has 2 aromatic carbocycles. The minimum Gasteiger partial charge on any atom is -0.493 e. The van der Waals surface area contributed by atoms with Crippen LogP contribution in [0.3, 0.4) is 0 Å². The van der Waals surface area contributed by atoms with Crippen LogP contribution in [0.5, 0.6) is 11.5 Å². The lowest BCUT2D eigenvalue weighted by atomic mass is 10.0. The van der Waals surface area contributed by atoms with Gasteiger partial charge in [0.1, 0.15) is 5.82 Å². The lowest BCUT2D eigenvalue weighted by Crippen LogP contribution is -2.32. The predicted molar refractivity (Wildman–Crippen MR) is 142 cm³/mol. The van der Waals surface area contributed by atoms with E-state index in [1.165, 1.54) is 0 Å². The minimum atomic E-state index is 0.0885. The second-order valence-electron chi connectivity index (χ2n) is 8.76. The molecule has 1 heterocycles. The fraction of sp³-hybridized carbons (Fsp3) is 0.448. The SMILES string of the molecule is C=CCc1ccc(OCCCCn2c(CCNC(=O)C(CC)CC)nc3ccccc32)c(OC)c1. The molecule has 0 atom stereocenters. The highest BCUT2D eigenvalue weighted by molar-refractivity contribution is 5.78. The maximum atomic E-state index is 12.3. The van der Waals surface area contributed by atoms with Crippen molar-refractivity contribution in [3.63, 3.8) is 0 Å². The Balaban J connectivity index is 1.56. The van der Waals surface area contributed by atoms with E-state index in [2.05, 4.69) is 36.4 Å². The average Bonchev–Trinajstić information content (AvgIpc) is 3.22. The molecule has 1 aromatic heterocycles. The number of benzene rings is 2. The summed E-state index contributed by atoms with van der Waals surface area (Å²) in [6.45, 7) is 9.98. The van der Waals surface area contributed by atoms with Gasteiger partial charge in [0, 0.05) is 25.4 Å². The van der Waals surface area contributed by atoms with Gasteiger partial charge in [0.05, 0.1) is 24.8 Å². The normalized spacial score (nSPS) is 11.1. The molecular formula is C29H39N3O3. The first kappa shape index (κ1) is 26.3. The van der Waals surface area contributed by atoms with Crippen molar-refractivity contribution in [3.05, 3.63) is 66.5 Å². The number of carbonyl (C=O) groups excluding carboxylic acids is 1. The third-order valence-electron chi connectivity index (χ3n) is 6.38. The lowest BCUT2D eigenvalue weighted by molar-refractivity contribution is -0.125. The summed E-state index contributed by atoms with van der Waals surface area (Å²) in [5, 5.41) is 3.09. The summed E-state index contributed by atoms with van der Waals surface area (Å²) >= 11 is 0. The van der Waals surface area contributed by atoms with E-state index in [0.717, 1.165) is 72.6 Å².